The first kappa shape index (κ1) is 14.2. The molecular weight excluding hydrogens is 250 g/mol. The highest BCUT2D eigenvalue weighted by Gasteiger charge is 2.44. The Hall–Kier alpha value is -0.730. The summed E-state index contributed by atoms with van der Waals surface area (Å²) in [4.78, 5) is 14.5. The van der Waals surface area contributed by atoms with E-state index in [-0.39, 0.29) is 11.7 Å². The Labute approximate surface area is 123 Å². The van der Waals surface area contributed by atoms with Crippen LogP contribution in [0.4, 0.5) is 4.79 Å². The van der Waals surface area contributed by atoms with Crippen LogP contribution in [0.25, 0.3) is 0 Å². The van der Waals surface area contributed by atoms with E-state index in [1.165, 1.54) is 51.4 Å². The summed E-state index contributed by atoms with van der Waals surface area (Å²) in [5, 5.41) is 0. The van der Waals surface area contributed by atoms with Crippen LogP contribution >= 0.6 is 0 Å². The van der Waals surface area contributed by atoms with E-state index in [1.54, 1.807) is 0 Å². The second kappa shape index (κ2) is 6.36. The van der Waals surface area contributed by atoms with Crippen LogP contribution in [0, 0.1) is 5.92 Å². The van der Waals surface area contributed by atoms with Crippen molar-refractivity contribution in [3.63, 3.8) is 0 Å². The Bertz CT molecular complexity index is 324. The van der Waals surface area contributed by atoms with Crippen molar-refractivity contribution in [2.24, 2.45) is 5.92 Å². The molecule has 0 N–H and O–H groups in total. The molecule has 1 amide bonds. The molecule has 114 valence electrons. The van der Waals surface area contributed by atoms with Gasteiger partial charge < -0.3 is 9.64 Å². The van der Waals surface area contributed by atoms with Gasteiger partial charge in [-0.05, 0) is 63.7 Å². The van der Waals surface area contributed by atoms with E-state index in [4.69, 9.17) is 4.74 Å². The fourth-order valence-electron chi connectivity index (χ4n) is 4.51. The van der Waals surface area contributed by atoms with Gasteiger partial charge in [-0.3, -0.25) is 0 Å². The Kier molecular flexibility index (Phi) is 4.52. The molecule has 3 fully saturated rings. The largest absolute Gasteiger partial charge is 0.443 e. The van der Waals surface area contributed by atoms with Crippen molar-refractivity contribution in [2.75, 3.05) is 13.1 Å². The van der Waals surface area contributed by atoms with E-state index in [0.29, 0.717) is 5.92 Å². The Balaban J connectivity index is 1.67. The van der Waals surface area contributed by atoms with Crippen molar-refractivity contribution in [1.29, 1.82) is 0 Å². The molecule has 1 saturated heterocycles. The number of carbonyl (C=O) groups excluding carboxylic acids is 1. The minimum atomic E-state index is -0.108. The first-order valence-corrected chi connectivity index (χ1v) is 8.78. The van der Waals surface area contributed by atoms with Crippen molar-refractivity contribution in [3.05, 3.63) is 0 Å². The number of piperidine rings is 1. The monoisotopic (exact) mass is 279 g/mol. The van der Waals surface area contributed by atoms with Gasteiger partial charge in [-0.15, -0.1) is 0 Å². The molecule has 0 radical (unpaired) electrons. The van der Waals surface area contributed by atoms with E-state index in [9.17, 15) is 4.79 Å². The standard InChI is InChI=1S/C17H29NO2/c19-16(18-13-7-2-8-14-18)20-17(11-5-1-6-12-17)15-9-3-4-10-15/h15H,1-14H2. The lowest BCUT2D eigenvalue weighted by atomic mass is 9.74. The molecule has 0 atom stereocenters. The minimum absolute atomic E-state index is 0.0153. The number of nitrogens with zero attached hydrogens (tertiary/aromatic N) is 1. The number of carbonyl (C=O) groups is 1. The third-order valence-electron chi connectivity index (χ3n) is 5.70. The molecule has 0 unspecified atom stereocenters. The lowest BCUT2D eigenvalue weighted by Crippen LogP contribution is -2.47. The minimum Gasteiger partial charge on any atom is -0.443 e. The molecule has 0 bridgehead atoms. The molecule has 0 aromatic carbocycles. The SMILES string of the molecule is O=C(OC1(C2CCCC2)CCCCC1)N1CCCCC1. The molecule has 1 heterocycles. The molecule has 1 aliphatic heterocycles. The van der Waals surface area contributed by atoms with Gasteiger partial charge in [0.25, 0.3) is 0 Å². The van der Waals surface area contributed by atoms with E-state index in [0.717, 1.165) is 38.8 Å². The molecule has 3 aliphatic rings. The second-order valence-electron chi connectivity index (χ2n) is 7.02. The maximum absolute atomic E-state index is 12.5. The molecule has 2 saturated carbocycles. The summed E-state index contributed by atoms with van der Waals surface area (Å²) < 4.78 is 6.19. The van der Waals surface area contributed by atoms with E-state index >= 15 is 0 Å². The Morgan fingerprint density at radius 3 is 2.10 bits per heavy atom. The molecule has 3 heteroatoms. The van der Waals surface area contributed by atoms with Crippen LogP contribution < -0.4 is 0 Å². The van der Waals surface area contributed by atoms with Crippen LogP contribution in [0.1, 0.15) is 77.0 Å². The van der Waals surface area contributed by atoms with E-state index in [1.807, 2.05) is 4.90 Å². The fraction of sp³-hybridized carbons (Fsp3) is 0.941. The number of hydrogen-bond acceptors (Lipinski definition) is 2. The average Bonchev–Trinajstić information content (AvgIpc) is 3.04. The maximum Gasteiger partial charge on any atom is 0.410 e. The van der Waals surface area contributed by atoms with Crippen molar-refractivity contribution in [1.82, 2.24) is 4.90 Å². The van der Waals surface area contributed by atoms with Crippen LogP contribution in [0.15, 0.2) is 0 Å². The molecular formula is C17H29NO2. The highest BCUT2D eigenvalue weighted by molar-refractivity contribution is 5.68. The van der Waals surface area contributed by atoms with Crippen LogP contribution in [-0.4, -0.2) is 29.7 Å². The summed E-state index contributed by atoms with van der Waals surface area (Å²) in [6.07, 6.45) is 14.7. The van der Waals surface area contributed by atoms with Crippen LogP contribution in [0.5, 0.6) is 0 Å². The molecule has 3 rings (SSSR count). The summed E-state index contributed by atoms with van der Waals surface area (Å²) in [6.45, 7) is 1.80. The van der Waals surface area contributed by atoms with Gasteiger partial charge in [0.05, 0.1) is 0 Å². The number of hydrogen-bond donors (Lipinski definition) is 0. The summed E-state index contributed by atoms with van der Waals surface area (Å²) in [6, 6.07) is 0. The zero-order valence-electron chi connectivity index (χ0n) is 12.7. The summed E-state index contributed by atoms with van der Waals surface area (Å²) >= 11 is 0. The zero-order valence-corrected chi connectivity index (χ0v) is 12.7. The number of ether oxygens (including phenoxy) is 1. The second-order valence-corrected chi connectivity index (χ2v) is 7.02. The van der Waals surface area contributed by atoms with E-state index in [2.05, 4.69) is 0 Å². The van der Waals surface area contributed by atoms with Gasteiger partial charge in [-0.1, -0.05) is 19.3 Å². The molecule has 3 nitrogen and oxygen atoms in total. The van der Waals surface area contributed by atoms with Gasteiger partial charge in [0.15, 0.2) is 0 Å². The van der Waals surface area contributed by atoms with Gasteiger partial charge in [0.2, 0.25) is 0 Å². The molecule has 2 aliphatic carbocycles. The maximum atomic E-state index is 12.5. The summed E-state index contributed by atoms with van der Waals surface area (Å²) in [5.74, 6) is 0.636. The third kappa shape index (κ3) is 2.96. The smallest absolute Gasteiger partial charge is 0.410 e. The molecule has 0 aromatic rings. The Morgan fingerprint density at radius 1 is 0.850 bits per heavy atom. The van der Waals surface area contributed by atoms with E-state index < -0.39 is 0 Å². The van der Waals surface area contributed by atoms with Crippen LogP contribution in [0.2, 0.25) is 0 Å². The number of likely N-dealkylation sites (tertiary alicyclic amines) is 1. The van der Waals surface area contributed by atoms with Crippen molar-refractivity contribution < 1.29 is 9.53 Å². The van der Waals surface area contributed by atoms with Crippen LogP contribution in [-0.2, 0) is 4.74 Å². The average molecular weight is 279 g/mol. The third-order valence-corrected chi connectivity index (χ3v) is 5.70. The lowest BCUT2D eigenvalue weighted by molar-refractivity contribution is -0.0727. The molecule has 20 heavy (non-hydrogen) atoms. The highest BCUT2D eigenvalue weighted by atomic mass is 16.6. The topological polar surface area (TPSA) is 29.5 Å². The predicted octanol–water partition coefficient (Wildman–Crippen LogP) is 4.50. The van der Waals surface area contributed by atoms with Crippen LogP contribution in [0.3, 0.4) is 0 Å². The summed E-state index contributed by atoms with van der Waals surface area (Å²) in [5.41, 5.74) is -0.108. The van der Waals surface area contributed by atoms with Crippen molar-refractivity contribution >= 4 is 6.09 Å². The quantitative estimate of drug-likeness (QED) is 0.744. The molecule has 0 aromatic heterocycles. The van der Waals surface area contributed by atoms with Gasteiger partial charge in [0, 0.05) is 13.1 Å². The zero-order chi connectivity index (χ0) is 13.8. The van der Waals surface area contributed by atoms with Gasteiger partial charge in [-0.2, -0.15) is 0 Å². The fourth-order valence-corrected chi connectivity index (χ4v) is 4.51. The first-order valence-electron chi connectivity index (χ1n) is 8.78. The molecule has 0 spiro atoms. The first-order chi connectivity index (χ1) is 9.80. The normalized spacial score (nSPS) is 27.5. The predicted molar refractivity (Wildman–Crippen MR) is 79.7 cm³/mol. The van der Waals surface area contributed by atoms with Gasteiger partial charge in [0.1, 0.15) is 5.60 Å². The number of rotatable bonds is 2. The lowest BCUT2D eigenvalue weighted by Gasteiger charge is -2.43. The summed E-state index contributed by atoms with van der Waals surface area (Å²) in [7, 11) is 0. The van der Waals surface area contributed by atoms with Crippen molar-refractivity contribution in [2.45, 2.75) is 82.7 Å². The Morgan fingerprint density at radius 2 is 1.45 bits per heavy atom. The van der Waals surface area contributed by atoms with Gasteiger partial charge in [-0.25, -0.2) is 4.79 Å². The highest BCUT2D eigenvalue weighted by Crippen LogP contribution is 2.45. The van der Waals surface area contributed by atoms with Crippen molar-refractivity contribution in [3.8, 4) is 0 Å². The van der Waals surface area contributed by atoms with Gasteiger partial charge >= 0.3 is 6.09 Å². The number of amides is 1.